The second kappa shape index (κ2) is 5.74. The second-order valence-corrected chi connectivity index (χ2v) is 4.75. The smallest absolute Gasteiger partial charge is 0.265 e. The minimum Gasteiger partial charge on any atom is -0.507 e. The average Bonchev–Trinajstić information content (AvgIpc) is 2.70. The molecule has 0 saturated carbocycles. The standard InChI is InChI=1S/C14H14N2O5/c1-8(5-6-11(19)15-7-17)16-13(20)9-3-2-4-10(18)12(9)14(16)21/h2-4,7-8,18H,5-6H2,1H3,(H,15,17,19). The van der Waals surface area contributed by atoms with E-state index in [9.17, 15) is 24.3 Å². The van der Waals surface area contributed by atoms with Crippen LogP contribution in [0.5, 0.6) is 5.75 Å². The Morgan fingerprint density at radius 3 is 2.71 bits per heavy atom. The van der Waals surface area contributed by atoms with E-state index in [1.165, 1.54) is 18.2 Å². The molecule has 21 heavy (non-hydrogen) atoms. The zero-order valence-electron chi connectivity index (χ0n) is 11.3. The Hall–Kier alpha value is -2.70. The topological polar surface area (TPSA) is 104 Å². The molecule has 0 aliphatic carbocycles. The van der Waals surface area contributed by atoms with Gasteiger partial charge in [0.25, 0.3) is 11.8 Å². The van der Waals surface area contributed by atoms with Gasteiger partial charge in [0.2, 0.25) is 12.3 Å². The highest BCUT2D eigenvalue weighted by molar-refractivity contribution is 6.22. The van der Waals surface area contributed by atoms with Crippen LogP contribution in [0, 0.1) is 0 Å². The molecule has 1 aliphatic heterocycles. The molecule has 0 bridgehead atoms. The van der Waals surface area contributed by atoms with E-state index in [0.717, 1.165) is 4.90 Å². The van der Waals surface area contributed by atoms with Crippen LogP contribution >= 0.6 is 0 Å². The van der Waals surface area contributed by atoms with Crippen LogP contribution in [-0.4, -0.2) is 40.2 Å². The molecule has 1 aromatic rings. The van der Waals surface area contributed by atoms with E-state index < -0.39 is 23.8 Å². The number of fused-ring (bicyclic) bond motifs is 1. The first-order valence-electron chi connectivity index (χ1n) is 6.40. The summed E-state index contributed by atoms with van der Waals surface area (Å²) < 4.78 is 0. The van der Waals surface area contributed by atoms with Crippen molar-refractivity contribution in [3.63, 3.8) is 0 Å². The lowest BCUT2D eigenvalue weighted by molar-refractivity contribution is -0.125. The molecule has 2 rings (SSSR count). The van der Waals surface area contributed by atoms with Crippen molar-refractivity contribution in [1.29, 1.82) is 0 Å². The summed E-state index contributed by atoms with van der Waals surface area (Å²) >= 11 is 0. The lowest BCUT2D eigenvalue weighted by atomic mass is 10.1. The van der Waals surface area contributed by atoms with Crippen LogP contribution in [0.15, 0.2) is 18.2 Å². The van der Waals surface area contributed by atoms with Crippen molar-refractivity contribution in [3.8, 4) is 5.75 Å². The maximum atomic E-state index is 12.2. The van der Waals surface area contributed by atoms with Crippen LogP contribution in [0.4, 0.5) is 0 Å². The van der Waals surface area contributed by atoms with Gasteiger partial charge in [-0.2, -0.15) is 0 Å². The van der Waals surface area contributed by atoms with Gasteiger partial charge in [-0.05, 0) is 25.5 Å². The van der Waals surface area contributed by atoms with Crippen LogP contribution in [0.3, 0.4) is 0 Å². The van der Waals surface area contributed by atoms with E-state index in [1.807, 2.05) is 5.32 Å². The summed E-state index contributed by atoms with van der Waals surface area (Å²) in [6.45, 7) is 1.63. The molecule has 1 unspecified atom stereocenters. The van der Waals surface area contributed by atoms with Gasteiger partial charge in [0, 0.05) is 12.5 Å². The number of phenols is 1. The molecule has 0 saturated heterocycles. The molecule has 4 amide bonds. The number of carbonyl (C=O) groups excluding carboxylic acids is 4. The first-order valence-corrected chi connectivity index (χ1v) is 6.40. The Bertz CT molecular complexity index is 626. The van der Waals surface area contributed by atoms with Crippen LogP contribution in [0.1, 0.15) is 40.5 Å². The largest absolute Gasteiger partial charge is 0.507 e. The predicted octanol–water partition coefficient (Wildman–Crippen LogP) is 0.429. The molecule has 7 heteroatoms. The van der Waals surface area contributed by atoms with Crippen molar-refractivity contribution in [2.75, 3.05) is 0 Å². The van der Waals surface area contributed by atoms with E-state index in [1.54, 1.807) is 6.92 Å². The molecule has 0 fully saturated rings. The number of imide groups is 2. The normalized spacial score (nSPS) is 14.8. The average molecular weight is 290 g/mol. The highest BCUT2D eigenvalue weighted by Gasteiger charge is 2.40. The maximum absolute atomic E-state index is 12.2. The Labute approximate surface area is 120 Å². The maximum Gasteiger partial charge on any atom is 0.265 e. The van der Waals surface area contributed by atoms with Crippen molar-refractivity contribution < 1.29 is 24.3 Å². The molecule has 1 aromatic carbocycles. The van der Waals surface area contributed by atoms with Gasteiger partial charge in [0.05, 0.1) is 11.1 Å². The lowest BCUT2D eigenvalue weighted by Crippen LogP contribution is -2.38. The number of benzene rings is 1. The van der Waals surface area contributed by atoms with Crippen LogP contribution in [0.2, 0.25) is 0 Å². The Morgan fingerprint density at radius 2 is 2.10 bits per heavy atom. The van der Waals surface area contributed by atoms with Crippen molar-refractivity contribution in [2.45, 2.75) is 25.8 Å². The van der Waals surface area contributed by atoms with E-state index in [4.69, 9.17) is 0 Å². The van der Waals surface area contributed by atoms with Crippen molar-refractivity contribution in [1.82, 2.24) is 10.2 Å². The molecular formula is C14H14N2O5. The highest BCUT2D eigenvalue weighted by Crippen LogP contribution is 2.31. The number of phenolic OH excluding ortho intramolecular Hbond substituents is 1. The lowest BCUT2D eigenvalue weighted by Gasteiger charge is -2.22. The monoisotopic (exact) mass is 290 g/mol. The summed E-state index contributed by atoms with van der Waals surface area (Å²) in [5, 5.41) is 11.7. The summed E-state index contributed by atoms with van der Waals surface area (Å²) in [6, 6.07) is 3.79. The summed E-state index contributed by atoms with van der Waals surface area (Å²) in [5.74, 6) is -1.78. The second-order valence-electron chi connectivity index (χ2n) is 4.75. The van der Waals surface area contributed by atoms with Gasteiger partial charge in [0.15, 0.2) is 0 Å². The molecule has 2 N–H and O–H groups in total. The number of rotatable bonds is 5. The van der Waals surface area contributed by atoms with Gasteiger partial charge in [-0.25, -0.2) is 0 Å². The molecule has 1 heterocycles. The van der Waals surface area contributed by atoms with Gasteiger partial charge in [-0.1, -0.05) is 6.07 Å². The Morgan fingerprint density at radius 1 is 1.38 bits per heavy atom. The van der Waals surface area contributed by atoms with E-state index in [0.29, 0.717) is 0 Å². The van der Waals surface area contributed by atoms with Crippen molar-refractivity contribution >= 4 is 24.1 Å². The SMILES string of the molecule is CC(CCC(=O)NC=O)N1C(=O)c2cccc(O)c2C1=O. The van der Waals surface area contributed by atoms with E-state index in [-0.39, 0.29) is 36.1 Å². The van der Waals surface area contributed by atoms with E-state index >= 15 is 0 Å². The molecule has 0 aromatic heterocycles. The Kier molecular flexibility index (Phi) is 4.02. The number of hydrogen-bond donors (Lipinski definition) is 2. The van der Waals surface area contributed by atoms with Gasteiger partial charge >= 0.3 is 0 Å². The third-order valence-electron chi connectivity index (χ3n) is 3.37. The zero-order valence-corrected chi connectivity index (χ0v) is 11.3. The third kappa shape index (κ3) is 2.62. The molecule has 7 nitrogen and oxygen atoms in total. The number of nitrogens with one attached hydrogen (secondary N) is 1. The van der Waals surface area contributed by atoms with Gasteiger partial charge < -0.3 is 5.11 Å². The summed E-state index contributed by atoms with van der Waals surface area (Å²) in [4.78, 5) is 46.8. The van der Waals surface area contributed by atoms with Crippen molar-refractivity contribution in [2.24, 2.45) is 0 Å². The number of hydrogen-bond acceptors (Lipinski definition) is 5. The molecule has 1 atom stereocenters. The zero-order chi connectivity index (χ0) is 15.6. The summed E-state index contributed by atoms with van der Waals surface area (Å²) in [6.07, 6.45) is 0.526. The predicted molar refractivity (Wildman–Crippen MR) is 71.5 cm³/mol. The quantitative estimate of drug-likeness (QED) is 0.604. The fourth-order valence-corrected chi connectivity index (χ4v) is 2.29. The fraction of sp³-hybridized carbons (Fsp3) is 0.286. The number of carbonyl (C=O) groups is 4. The Balaban J connectivity index is 2.14. The molecule has 110 valence electrons. The molecule has 1 aliphatic rings. The van der Waals surface area contributed by atoms with E-state index in [2.05, 4.69) is 0 Å². The van der Waals surface area contributed by atoms with Gasteiger partial charge in [-0.15, -0.1) is 0 Å². The molecular weight excluding hydrogens is 276 g/mol. The minimum atomic E-state index is -0.573. The number of amides is 4. The first-order chi connectivity index (χ1) is 9.97. The van der Waals surface area contributed by atoms with Crippen LogP contribution in [0.25, 0.3) is 0 Å². The third-order valence-corrected chi connectivity index (χ3v) is 3.37. The van der Waals surface area contributed by atoms with Crippen LogP contribution in [-0.2, 0) is 9.59 Å². The van der Waals surface area contributed by atoms with Crippen LogP contribution < -0.4 is 5.32 Å². The highest BCUT2D eigenvalue weighted by atomic mass is 16.3. The van der Waals surface area contributed by atoms with Gasteiger partial charge in [0.1, 0.15) is 5.75 Å². The molecule has 0 radical (unpaired) electrons. The van der Waals surface area contributed by atoms with Gasteiger partial charge in [-0.3, -0.25) is 29.4 Å². The summed E-state index contributed by atoms with van der Waals surface area (Å²) in [7, 11) is 0. The number of nitrogens with zero attached hydrogens (tertiary/aromatic N) is 1. The first kappa shape index (κ1) is 14.7. The minimum absolute atomic E-state index is 0.00769. The number of aromatic hydroxyl groups is 1. The molecule has 0 spiro atoms. The summed E-state index contributed by atoms with van der Waals surface area (Å²) in [5.41, 5.74) is 0.149. The fourth-order valence-electron chi connectivity index (χ4n) is 2.29. The van der Waals surface area contributed by atoms with Crippen molar-refractivity contribution in [3.05, 3.63) is 29.3 Å².